The second-order valence-electron chi connectivity index (χ2n) is 6.71. The summed E-state index contributed by atoms with van der Waals surface area (Å²) in [6.45, 7) is 9.45. The molecule has 0 spiro atoms. The van der Waals surface area contributed by atoms with Crippen molar-refractivity contribution in [1.82, 2.24) is 0 Å². The van der Waals surface area contributed by atoms with Crippen molar-refractivity contribution in [3.63, 3.8) is 0 Å². The highest BCUT2D eigenvalue weighted by Gasteiger charge is 2.11. The SMILES string of the molecule is C=CC(=O)OCCCCOCCCOC(=O)CC(=O)OCCCOCCCCOC(=O)C=C. The van der Waals surface area contributed by atoms with E-state index < -0.39 is 30.3 Å². The standard InChI is InChI=1S/C23H36O10/c1-3-20(24)30-15-7-5-11-28-13-9-17-32-22(26)19-23(27)33-18-10-14-29-12-6-8-16-31-21(25)4-2/h3-4H,1-2,5-19H2. The molecule has 0 aromatic rings. The van der Waals surface area contributed by atoms with Crippen molar-refractivity contribution in [2.45, 2.75) is 44.9 Å². The van der Waals surface area contributed by atoms with Crippen LogP contribution in [0.4, 0.5) is 0 Å². The molecule has 0 saturated carbocycles. The molecule has 0 atom stereocenters. The Morgan fingerprint density at radius 3 is 1.21 bits per heavy atom. The molecule has 0 fully saturated rings. The molecule has 0 bridgehead atoms. The Labute approximate surface area is 195 Å². The number of hydrogen-bond donors (Lipinski definition) is 0. The van der Waals surface area contributed by atoms with Gasteiger partial charge in [0.25, 0.3) is 0 Å². The zero-order valence-corrected chi connectivity index (χ0v) is 19.3. The van der Waals surface area contributed by atoms with Crippen LogP contribution in [0.1, 0.15) is 44.9 Å². The van der Waals surface area contributed by atoms with Crippen molar-refractivity contribution in [2.24, 2.45) is 0 Å². The molecule has 10 nitrogen and oxygen atoms in total. The molecule has 0 N–H and O–H groups in total. The quantitative estimate of drug-likeness (QED) is 0.0762. The van der Waals surface area contributed by atoms with Gasteiger partial charge >= 0.3 is 23.9 Å². The van der Waals surface area contributed by atoms with E-state index in [2.05, 4.69) is 13.2 Å². The molecule has 188 valence electrons. The van der Waals surface area contributed by atoms with Crippen molar-refractivity contribution in [3.05, 3.63) is 25.3 Å². The molecule has 0 aliphatic heterocycles. The van der Waals surface area contributed by atoms with Gasteiger partial charge in [-0.1, -0.05) is 13.2 Å². The fraction of sp³-hybridized carbons (Fsp3) is 0.652. The van der Waals surface area contributed by atoms with E-state index in [1.807, 2.05) is 0 Å². The van der Waals surface area contributed by atoms with Crippen molar-refractivity contribution in [1.29, 1.82) is 0 Å². The Hall–Kier alpha value is -2.72. The summed E-state index contributed by atoms with van der Waals surface area (Å²) in [4.78, 5) is 44.8. The van der Waals surface area contributed by atoms with Crippen molar-refractivity contribution in [2.75, 3.05) is 52.9 Å². The normalized spacial score (nSPS) is 10.2. The second-order valence-corrected chi connectivity index (χ2v) is 6.71. The predicted octanol–water partition coefficient (Wildman–Crippen LogP) is 2.30. The average molecular weight is 473 g/mol. The van der Waals surface area contributed by atoms with Crippen LogP contribution in [0.2, 0.25) is 0 Å². The first kappa shape index (κ1) is 30.3. The van der Waals surface area contributed by atoms with E-state index in [-0.39, 0.29) is 13.2 Å². The maximum atomic E-state index is 11.6. The maximum absolute atomic E-state index is 11.6. The summed E-state index contributed by atoms with van der Waals surface area (Å²) < 4.78 is 30.3. The van der Waals surface area contributed by atoms with Crippen molar-refractivity contribution in [3.8, 4) is 0 Å². The molecule has 0 aromatic heterocycles. The highest BCUT2D eigenvalue weighted by molar-refractivity contribution is 5.91. The topological polar surface area (TPSA) is 124 Å². The van der Waals surface area contributed by atoms with Gasteiger partial charge in [0.15, 0.2) is 0 Å². The lowest BCUT2D eigenvalue weighted by molar-refractivity contribution is -0.155. The van der Waals surface area contributed by atoms with E-state index in [0.29, 0.717) is 65.3 Å². The van der Waals surface area contributed by atoms with Crippen LogP contribution in [0.25, 0.3) is 0 Å². The molecular weight excluding hydrogens is 436 g/mol. The molecule has 10 heteroatoms. The average Bonchev–Trinajstić information content (AvgIpc) is 2.80. The highest BCUT2D eigenvalue weighted by Crippen LogP contribution is 1.98. The number of rotatable bonds is 22. The summed E-state index contributed by atoms with van der Waals surface area (Å²) in [5, 5.41) is 0. The predicted molar refractivity (Wildman–Crippen MR) is 118 cm³/mol. The second kappa shape index (κ2) is 22.5. The van der Waals surface area contributed by atoms with Gasteiger partial charge in [-0.2, -0.15) is 0 Å². The van der Waals surface area contributed by atoms with Crippen LogP contribution >= 0.6 is 0 Å². The van der Waals surface area contributed by atoms with Crippen LogP contribution in [-0.4, -0.2) is 76.7 Å². The molecular formula is C23H36O10. The first-order valence-electron chi connectivity index (χ1n) is 11.0. The number of unbranched alkanes of at least 4 members (excludes halogenated alkanes) is 2. The minimum Gasteiger partial charge on any atom is -0.465 e. The first-order chi connectivity index (χ1) is 16.0. The third-order valence-corrected chi connectivity index (χ3v) is 3.87. The van der Waals surface area contributed by atoms with E-state index in [1.54, 1.807) is 0 Å². The van der Waals surface area contributed by atoms with Gasteiger partial charge in [0.2, 0.25) is 0 Å². The summed E-state index contributed by atoms with van der Waals surface area (Å²) in [7, 11) is 0. The lowest BCUT2D eigenvalue weighted by Crippen LogP contribution is -2.16. The van der Waals surface area contributed by atoms with Gasteiger partial charge in [-0.25, -0.2) is 9.59 Å². The van der Waals surface area contributed by atoms with E-state index in [4.69, 9.17) is 28.4 Å². The van der Waals surface area contributed by atoms with Crippen LogP contribution in [0.5, 0.6) is 0 Å². The fourth-order valence-corrected chi connectivity index (χ4v) is 2.19. The minimum absolute atomic E-state index is 0.156. The van der Waals surface area contributed by atoms with E-state index in [1.165, 1.54) is 0 Å². The van der Waals surface area contributed by atoms with Gasteiger partial charge in [0.1, 0.15) is 6.42 Å². The zero-order valence-electron chi connectivity index (χ0n) is 19.3. The largest absolute Gasteiger partial charge is 0.465 e. The lowest BCUT2D eigenvalue weighted by Gasteiger charge is -2.07. The monoisotopic (exact) mass is 472 g/mol. The molecule has 0 saturated heterocycles. The van der Waals surface area contributed by atoms with Crippen molar-refractivity contribution < 1.29 is 47.6 Å². The van der Waals surface area contributed by atoms with E-state index >= 15 is 0 Å². The Morgan fingerprint density at radius 1 is 0.485 bits per heavy atom. The molecule has 0 heterocycles. The first-order valence-corrected chi connectivity index (χ1v) is 11.0. The fourth-order valence-electron chi connectivity index (χ4n) is 2.19. The summed E-state index contributed by atoms with van der Waals surface area (Å²) in [6.07, 6.45) is 5.70. The van der Waals surface area contributed by atoms with Crippen LogP contribution in [0.3, 0.4) is 0 Å². The summed E-state index contributed by atoms with van der Waals surface area (Å²) >= 11 is 0. The van der Waals surface area contributed by atoms with E-state index in [0.717, 1.165) is 25.0 Å². The number of carbonyl (C=O) groups is 4. The third-order valence-electron chi connectivity index (χ3n) is 3.87. The van der Waals surface area contributed by atoms with Gasteiger partial charge < -0.3 is 28.4 Å². The summed E-state index contributed by atoms with van der Waals surface area (Å²) in [6, 6.07) is 0. The Kier molecular flexibility index (Phi) is 20.6. The molecule has 0 amide bonds. The van der Waals surface area contributed by atoms with Gasteiger partial charge in [0, 0.05) is 51.4 Å². The molecule has 0 aliphatic rings. The summed E-state index contributed by atoms with van der Waals surface area (Å²) in [5.41, 5.74) is 0. The number of hydrogen-bond acceptors (Lipinski definition) is 10. The molecule has 0 aromatic carbocycles. The van der Waals surface area contributed by atoms with Gasteiger partial charge in [0.05, 0.1) is 26.4 Å². The molecule has 0 unspecified atom stereocenters. The van der Waals surface area contributed by atoms with Crippen LogP contribution < -0.4 is 0 Å². The number of esters is 4. The van der Waals surface area contributed by atoms with Gasteiger partial charge in [-0.15, -0.1) is 0 Å². The van der Waals surface area contributed by atoms with Gasteiger partial charge in [-0.05, 0) is 25.7 Å². The Balaban J connectivity index is 3.39. The minimum atomic E-state index is -0.641. The van der Waals surface area contributed by atoms with E-state index in [9.17, 15) is 19.2 Å². The van der Waals surface area contributed by atoms with Crippen LogP contribution in [-0.2, 0) is 47.6 Å². The van der Waals surface area contributed by atoms with Crippen LogP contribution in [0.15, 0.2) is 25.3 Å². The highest BCUT2D eigenvalue weighted by atomic mass is 16.6. The van der Waals surface area contributed by atoms with Crippen molar-refractivity contribution >= 4 is 23.9 Å². The van der Waals surface area contributed by atoms with Gasteiger partial charge in [-0.3, -0.25) is 9.59 Å². The Morgan fingerprint density at radius 2 is 0.818 bits per heavy atom. The molecule has 0 radical (unpaired) electrons. The Bertz CT molecular complexity index is 538. The lowest BCUT2D eigenvalue weighted by atomic mass is 10.3. The molecule has 33 heavy (non-hydrogen) atoms. The summed E-state index contributed by atoms with van der Waals surface area (Å²) in [5.74, 6) is -2.16. The van der Waals surface area contributed by atoms with Crippen LogP contribution in [0, 0.1) is 0 Å². The maximum Gasteiger partial charge on any atom is 0.330 e. The number of ether oxygens (including phenoxy) is 6. The molecule has 0 rings (SSSR count). The molecule has 0 aliphatic carbocycles. The zero-order chi connectivity index (χ0) is 24.6. The smallest absolute Gasteiger partial charge is 0.330 e. The third kappa shape index (κ3) is 22.3. The number of carbonyl (C=O) groups excluding carboxylic acids is 4.